The van der Waals surface area contributed by atoms with E-state index in [0.29, 0.717) is 30.1 Å². The number of aliphatic hydroxyl groups is 1. The van der Waals surface area contributed by atoms with Gasteiger partial charge in [-0.2, -0.15) is 0 Å². The largest absolute Gasteiger partial charge is 0.497 e. The van der Waals surface area contributed by atoms with Crippen molar-refractivity contribution in [2.24, 2.45) is 0 Å². The Bertz CT molecular complexity index is 738. The van der Waals surface area contributed by atoms with E-state index in [-0.39, 0.29) is 25.3 Å². The van der Waals surface area contributed by atoms with Gasteiger partial charge in [0.2, 0.25) is 0 Å². The second-order valence-corrected chi connectivity index (χ2v) is 6.97. The van der Waals surface area contributed by atoms with Gasteiger partial charge in [-0.15, -0.1) is 0 Å². The number of nitrogens with zero attached hydrogens (tertiary/aromatic N) is 1. The van der Waals surface area contributed by atoms with Crippen LogP contribution in [0.25, 0.3) is 0 Å². The van der Waals surface area contributed by atoms with Crippen LogP contribution in [0, 0.1) is 10.1 Å². The highest BCUT2D eigenvalue weighted by molar-refractivity contribution is 5.49. The highest BCUT2D eigenvalue weighted by Crippen LogP contribution is 2.38. The summed E-state index contributed by atoms with van der Waals surface area (Å²) < 4.78 is 16.8. The second kappa shape index (κ2) is 12.1. The number of carbonyl (C=O) groups is 1. The topological polar surface area (TPSA) is 120 Å². The molecule has 166 valence electrons. The highest BCUT2D eigenvalue weighted by Gasteiger charge is 2.37. The number of rotatable bonds is 13. The molecule has 0 saturated heterocycles. The minimum atomic E-state index is -0.884. The summed E-state index contributed by atoms with van der Waals surface area (Å²) in [6, 6.07) is 3.83. The smallest absolute Gasteiger partial charge is 0.270 e. The summed E-state index contributed by atoms with van der Waals surface area (Å²) in [6.45, 7) is 4.80. The highest BCUT2D eigenvalue weighted by atomic mass is 16.6. The molecular weight excluding hydrogens is 392 g/mol. The molecule has 3 unspecified atom stereocenters. The summed E-state index contributed by atoms with van der Waals surface area (Å²) in [6.07, 6.45) is 3.72. The van der Waals surface area contributed by atoms with Gasteiger partial charge in [-0.3, -0.25) is 10.1 Å². The van der Waals surface area contributed by atoms with Crippen molar-refractivity contribution in [1.82, 2.24) is 5.32 Å². The van der Waals surface area contributed by atoms with Crippen LogP contribution in [0.3, 0.4) is 0 Å². The van der Waals surface area contributed by atoms with Crippen LogP contribution in [-0.4, -0.2) is 48.3 Å². The third-order valence-corrected chi connectivity index (χ3v) is 4.78. The van der Waals surface area contributed by atoms with Crippen molar-refractivity contribution in [3.8, 4) is 5.75 Å². The zero-order chi connectivity index (χ0) is 21.9. The first kappa shape index (κ1) is 23.6. The maximum atomic E-state index is 11.2. The van der Waals surface area contributed by atoms with E-state index in [0.717, 1.165) is 19.1 Å². The number of nitro groups is 1. The number of aldehydes is 1. The van der Waals surface area contributed by atoms with E-state index in [4.69, 9.17) is 14.2 Å². The van der Waals surface area contributed by atoms with Crippen LogP contribution < -0.4 is 10.1 Å². The van der Waals surface area contributed by atoms with Gasteiger partial charge in [-0.05, 0) is 25.8 Å². The number of aliphatic hydroxyl groups excluding tert-OH is 1. The molecule has 9 nitrogen and oxygen atoms in total. The van der Waals surface area contributed by atoms with Gasteiger partial charge in [-0.25, -0.2) is 0 Å². The third-order valence-electron chi connectivity index (χ3n) is 4.78. The predicted octanol–water partition coefficient (Wildman–Crippen LogP) is 3.02. The van der Waals surface area contributed by atoms with Crippen molar-refractivity contribution in [3.05, 3.63) is 45.9 Å². The van der Waals surface area contributed by atoms with Crippen molar-refractivity contribution >= 4 is 12.0 Å². The third kappa shape index (κ3) is 6.43. The molecule has 1 aliphatic rings. The molecule has 1 aliphatic heterocycles. The van der Waals surface area contributed by atoms with Crippen LogP contribution in [0.2, 0.25) is 0 Å². The number of nitro benzene ring substituents is 1. The zero-order valence-electron chi connectivity index (χ0n) is 17.4. The van der Waals surface area contributed by atoms with Crippen LogP contribution in [0.4, 0.5) is 5.69 Å². The van der Waals surface area contributed by atoms with Crippen LogP contribution in [0.5, 0.6) is 5.75 Å². The maximum absolute atomic E-state index is 11.2. The van der Waals surface area contributed by atoms with Gasteiger partial charge in [0.15, 0.2) is 0 Å². The lowest BCUT2D eigenvalue weighted by Crippen LogP contribution is -2.46. The van der Waals surface area contributed by atoms with Gasteiger partial charge in [0.1, 0.15) is 36.3 Å². The normalized spacial score (nSPS) is 20.8. The van der Waals surface area contributed by atoms with E-state index >= 15 is 0 Å². The van der Waals surface area contributed by atoms with Crippen LogP contribution in [0.1, 0.15) is 51.1 Å². The molecular formula is C21H30N2O7. The Morgan fingerprint density at radius 3 is 2.87 bits per heavy atom. The quantitative estimate of drug-likeness (QED) is 0.164. The van der Waals surface area contributed by atoms with Gasteiger partial charge in [-0.1, -0.05) is 13.3 Å². The van der Waals surface area contributed by atoms with Crippen LogP contribution >= 0.6 is 0 Å². The van der Waals surface area contributed by atoms with Gasteiger partial charge >= 0.3 is 0 Å². The number of benzene rings is 1. The summed E-state index contributed by atoms with van der Waals surface area (Å²) in [5.41, 5.74) is 0.461. The van der Waals surface area contributed by atoms with Crippen LogP contribution in [0.15, 0.2) is 30.2 Å². The average Bonchev–Trinajstić information content (AvgIpc) is 2.74. The molecule has 0 fully saturated rings. The fourth-order valence-corrected chi connectivity index (χ4v) is 3.29. The Morgan fingerprint density at radius 1 is 1.40 bits per heavy atom. The summed E-state index contributed by atoms with van der Waals surface area (Å²) in [5, 5.41) is 25.4. The van der Waals surface area contributed by atoms with E-state index in [9.17, 15) is 20.0 Å². The number of unbranched alkanes of at least 4 members (excludes halogenated alkanes) is 1. The molecule has 0 saturated carbocycles. The van der Waals surface area contributed by atoms with Gasteiger partial charge in [0.05, 0.1) is 30.7 Å². The zero-order valence-corrected chi connectivity index (χ0v) is 17.4. The maximum Gasteiger partial charge on any atom is 0.270 e. The molecule has 0 aliphatic carbocycles. The molecule has 9 heteroatoms. The van der Waals surface area contributed by atoms with Crippen LogP contribution in [-0.2, 0) is 14.3 Å². The first-order valence-corrected chi connectivity index (χ1v) is 10.2. The summed E-state index contributed by atoms with van der Waals surface area (Å²) in [7, 11) is 0. The first-order chi connectivity index (χ1) is 14.5. The minimum absolute atomic E-state index is 0.0684. The Kier molecular flexibility index (Phi) is 9.56. The summed E-state index contributed by atoms with van der Waals surface area (Å²) in [5.74, 6) is 1.02. The van der Waals surface area contributed by atoms with Crippen molar-refractivity contribution in [3.63, 3.8) is 0 Å². The monoisotopic (exact) mass is 422 g/mol. The molecule has 2 rings (SSSR count). The molecule has 0 bridgehead atoms. The van der Waals surface area contributed by atoms with Gasteiger partial charge in [0, 0.05) is 24.1 Å². The van der Waals surface area contributed by atoms with Crippen molar-refractivity contribution in [2.45, 2.75) is 57.8 Å². The number of hydrogen-bond acceptors (Lipinski definition) is 8. The summed E-state index contributed by atoms with van der Waals surface area (Å²) in [4.78, 5) is 21.2. The lowest BCUT2D eigenvalue weighted by molar-refractivity contribution is -0.385. The lowest BCUT2D eigenvalue weighted by atomic mass is 9.91. The number of hydrogen-bond donors (Lipinski definition) is 2. The molecule has 0 amide bonds. The average molecular weight is 422 g/mol. The first-order valence-electron chi connectivity index (χ1n) is 10.2. The van der Waals surface area contributed by atoms with Crippen molar-refractivity contribution in [2.75, 3.05) is 19.8 Å². The SMILES string of the molecule is CCCCC1Oc2ccc([N+](=O)[O-])cc2C(NC/C(=C/OCCC=O)OCC)C1O. The standard InChI is InChI=1S/C21H30N2O7/c1-3-5-7-19-21(25)20(17-12-15(23(26)27)8-9-18(17)30-19)22-13-16(29-4-2)14-28-11-6-10-24/h8-10,12,14,19-22,25H,3-7,11,13H2,1-2H3/b16-14-. The lowest BCUT2D eigenvalue weighted by Gasteiger charge is -2.37. The Labute approximate surface area is 176 Å². The van der Waals surface area contributed by atoms with E-state index in [1.165, 1.54) is 18.4 Å². The van der Waals surface area contributed by atoms with Gasteiger partial charge < -0.3 is 29.4 Å². The molecule has 0 radical (unpaired) electrons. The second-order valence-electron chi connectivity index (χ2n) is 6.97. The fourth-order valence-electron chi connectivity index (χ4n) is 3.29. The summed E-state index contributed by atoms with van der Waals surface area (Å²) >= 11 is 0. The molecule has 1 heterocycles. The number of ether oxygens (including phenoxy) is 3. The number of carbonyl (C=O) groups excluding carboxylic acids is 1. The Morgan fingerprint density at radius 2 is 2.20 bits per heavy atom. The predicted molar refractivity (Wildman–Crippen MR) is 110 cm³/mol. The number of non-ortho nitro benzene ring substituents is 1. The molecule has 1 aromatic rings. The molecule has 0 spiro atoms. The molecule has 1 aromatic carbocycles. The van der Waals surface area contributed by atoms with E-state index in [1.807, 2.05) is 6.92 Å². The molecule has 0 aromatic heterocycles. The van der Waals surface area contributed by atoms with Gasteiger partial charge in [0.25, 0.3) is 5.69 Å². The van der Waals surface area contributed by atoms with E-state index in [2.05, 4.69) is 12.2 Å². The Hall–Kier alpha value is -2.65. The Balaban J connectivity index is 2.22. The number of nitrogens with one attached hydrogen (secondary N) is 1. The number of fused-ring (bicyclic) bond motifs is 1. The van der Waals surface area contributed by atoms with E-state index < -0.39 is 23.2 Å². The molecule has 3 atom stereocenters. The molecule has 2 N–H and O–H groups in total. The van der Waals surface area contributed by atoms with Crippen molar-refractivity contribution < 1.29 is 29.0 Å². The minimum Gasteiger partial charge on any atom is -0.497 e. The molecule has 30 heavy (non-hydrogen) atoms. The van der Waals surface area contributed by atoms with E-state index in [1.54, 1.807) is 6.07 Å². The van der Waals surface area contributed by atoms with Crippen molar-refractivity contribution in [1.29, 1.82) is 0 Å². The fraction of sp³-hybridized carbons (Fsp3) is 0.571.